The maximum Gasteiger partial charge on any atom is 0.307 e. The number of rotatable bonds is 3. The molecular formula is C16H13N3O3. The first-order valence-corrected chi connectivity index (χ1v) is 6.61. The zero-order valence-electron chi connectivity index (χ0n) is 11.8. The van der Waals surface area contributed by atoms with Crippen molar-refractivity contribution in [2.75, 3.05) is 0 Å². The van der Waals surface area contributed by atoms with Crippen molar-refractivity contribution >= 4 is 23.1 Å². The molecule has 0 radical (unpaired) electrons. The van der Waals surface area contributed by atoms with Crippen LogP contribution in [0.15, 0.2) is 52.2 Å². The number of phenolic OH excluding ortho intramolecular Hbond substituents is 1. The molecule has 2 heterocycles. The maximum atomic E-state index is 12.1. The van der Waals surface area contributed by atoms with Gasteiger partial charge in [0.1, 0.15) is 11.3 Å². The molecule has 0 aliphatic heterocycles. The number of aromatic nitrogens is 1. The molecule has 6 nitrogen and oxygen atoms in total. The van der Waals surface area contributed by atoms with Gasteiger partial charge in [-0.3, -0.25) is 9.78 Å². The number of amides is 1. The van der Waals surface area contributed by atoms with Crippen molar-refractivity contribution in [3.8, 4) is 5.75 Å². The first kappa shape index (κ1) is 13.8. The predicted molar refractivity (Wildman–Crippen MR) is 81.9 cm³/mol. The van der Waals surface area contributed by atoms with Crippen LogP contribution in [0.4, 0.5) is 0 Å². The zero-order valence-corrected chi connectivity index (χ0v) is 11.8. The average Bonchev–Trinajstić information content (AvgIpc) is 2.87. The molecule has 0 aliphatic rings. The Bertz CT molecular complexity index is 854. The van der Waals surface area contributed by atoms with E-state index in [9.17, 15) is 9.90 Å². The van der Waals surface area contributed by atoms with Crippen LogP contribution in [0.5, 0.6) is 5.75 Å². The number of pyridine rings is 1. The van der Waals surface area contributed by atoms with Crippen LogP contribution < -0.4 is 5.43 Å². The first-order valence-electron chi connectivity index (χ1n) is 6.61. The van der Waals surface area contributed by atoms with Gasteiger partial charge in [0.2, 0.25) is 0 Å². The zero-order chi connectivity index (χ0) is 15.5. The van der Waals surface area contributed by atoms with Crippen LogP contribution in [0.2, 0.25) is 0 Å². The molecule has 0 bridgehead atoms. The van der Waals surface area contributed by atoms with E-state index in [0.29, 0.717) is 16.5 Å². The van der Waals surface area contributed by atoms with E-state index in [1.54, 1.807) is 49.6 Å². The Morgan fingerprint density at radius 2 is 2.09 bits per heavy atom. The fourth-order valence-electron chi connectivity index (χ4n) is 2.16. The molecule has 0 saturated carbocycles. The van der Waals surface area contributed by atoms with Crippen LogP contribution in [-0.4, -0.2) is 22.2 Å². The summed E-state index contributed by atoms with van der Waals surface area (Å²) in [5.41, 5.74) is 4.25. The summed E-state index contributed by atoms with van der Waals surface area (Å²) >= 11 is 0. The van der Waals surface area contributed by atoms with E-state index in [1.165, 1.54) is 6.21 Å². The van der Waals surface area contributed by atoms with Gasteiger partial charge in [0.15, 0.2) is 5.76 Å². The Kier molecular flexibility index (Phi) is 3.57. The molecule has 2 N–H and O–H groups in total. The third-order valence-electron chi connectivity index (χ3n) is 3.22. The fraction of sp³-hybridized carbons (Fsp3) is 0.0625. The fourth-order valence-corrected chi connectivity index (χ4v) is 2.16. The molecule has 0 atom stereocenters. The van der Waals surface area contributed by atoms with Gasteiger partial charge >= 0.3 is 5.91 Å². The van der Waals surface area contributed by atoms with Crippen molar-refractivity contribution in [3.63, 3.8) is 0 Å². The third kappa shape index (κ3) is 2.54. The van der Waals surface area contributed by atoms with E-state index < -0.39 is 5.91 Å². The van der Waals surface area contributed by atoms with E-state index in [0.717, 1.165) is 5.56 Å². The summed E-state index contributed by atoms with van der Waals surface area (Å²) in [7, 11) is 0. The highest BCUT2D eigenvalue weighted by Crippen LogP contribution is 2.32. The van der Waals surface area contributed by atoms with Crippen molar-refractivity contribution in [1.82, 2.24) is 10.4 Å². The second-order valence-electron chi connectivity index (χ2n) is 4.69. The van der Waals surface area contributed by atoms with Crippen molar-refractivity contribution in [2.45, 2.75) is 6.92 Å². The summed E-state index contributed by atoms with van der Waals surface area (Å²) in [5.74, 6) is -0.264. The minimum absolute atomic E-state index is 0.0816. The number of aromatic hydroxyl groups is 1. The molecule has 22 heavy (non-hydrogen) atoms. The molecule has 0 spiro atoms. The molecule has 1 aromatic carbocycles. The molecule has 2 aromatic heterocycles. The monoisotopic (exact) mass is 295 g/mol. The summed E-state index contributed by atoms with van der Waals surface area (Å²) < 4.78 is 5.49. The van der Waals surface area contributed by atoms with E-state index in [4.69, 9.17) is 4.42 Å². The number of carbonyl (C=O) groups is 1. The smallest absolute Gasteiger partial charge is 0.307 e. The lowest BCUT2D eigenvalue weighted by Crippen LogP contribution is -2.17. The number of carbonyl (C=O) groups excluding carboxylic acids is 1. The predicted octanol–water partition coefficient (Wildman–Crippen LogP) is 2.61. The molecule has 0 saturated heterocycles. The number of aryl methyl sites for hydroxylation is 1. The molecule has 110 valence electrons. The normalized spacial score (nSPS) is 11.1. The summed E-state index contributed by atoms with van der Waals surface area (Å²) in [5, 5.41) is 14.3. The van der Waals surface area contributed by atoms with Gasteiger partial charge in [0.05, 0.1) is 11.6 Å². The van der Waals surface area contributed by atoms with Crippen LogP contribution in [0, 0.1) is 6.92 Å². The molecular weight excluding hydrogens is 282 g/mol. The van der Waals surface area contributed by atoms with Gasteiger partial charge in [-0.1, -0.05) is 6.07 Å². The second kappa shape index (κ2) is 5.69. The van der Waals surface area contributed by atoms with E-state index in [-0.39, 0.29) is 11.5 Å². The maximum absolute atomic E-state index is 12.1. The number of nitrogens with zero attached hydrogens (tertiary/aromatic N) is 2. The molecule has 3 rings (SSSR count). The molecule has 0 aliphatic carbocycles. The van der Waals surface area contributed by atoms with Crippen molar-refractivity contribution < 1.29 is 14.3 Å². The number of phenols is 1. The van der Waals surface area contributed by atoms with Crippen LogP contribution in [0.3, 0.4) is 0 Å². The minimum atomic E-state index is -0.474. The van der Waals surface area contributed by atoms with E-state index in [2.05, 4.69) is 15.5 Å². The highest BCUT2D eigenvalue weighted by molar-refractivity contribution is 6.00. The van der Waals surface area contributed by atoms with Gasteiger partial charge in [-0.15, -0.1) is 0 Å². The number of hydrogen-bond acceptors (Lipinski definition) is 5. The number of fused-ring (bicyclic) bond motifs is 1. The van der Waals surface area contributed by atoms with Gasteiger partial charge in [0, 0.05) is 18.0 Å². The summed E-state index contributed by atoms with van der Waals surface area (Å²) in [6, 6.07) is 8.43. The number of nitrogens with one attached hydrogen (secondary N) is 1. The highest BCUT2D eigenvalue weighted by atomic mass is 16.3. The summed E-state index contributed by atoms with van der Waals surface area (Å²) in [6.45, 7) is 1.72. The minimum Gasteiger partial charge on any atom is -0.507 e. The van der Waals surface area contributed by atoms with Crippen molar-refractivity contribution in [3.05, 3.63) is 59.6 Å². The van der Waals surface area contributed by atoms with Crippen molar-refractivity contribution in [1.29, 1.82) is 0 Å². The highest BCUT2D eigenvalue weighted by Gasteiger charge is 2.19. The third-order valence-corrected chi connectivity index (χ3v) is 3.22. The molecule has 1 amide bonds. The summed E-state index contributed by atoms with van der Waals surface area (Å²) in [4.78, 5) is 16.0. The molecule has 3 aromatic rings. The lowest BCUT2D eigenvalue weighted by Gasteiger charge is -1.97. The van der Waals surface area contributed by atoms with Gasteiger partial charge in [-0.05, 0) is 36.8 Å². The number of hydrazone groups is 1. The van der Waals surface area contributed by atoms with Gasteiger partial charge in [-0.2, -0.15) is 5.10 Å². The van der Waals surface area contributed by atoms with Crippen LogP contribution in [0.1, 0.15) is 21.7 Å². The number of hydrogen-bond donors (Lipinski definition) is 2. The standard InChI is InChI=1S/C16H13N3O3/c1-10-14-12(20)3-2-4-13(14)22-15(10)16(21)19-18-9-11-5-7-17-8-6-11/h2-9,20H,1H3,(H,19,21)/b18-9-. The van der Waals surface area contributed by atoms with Crippen molar-refractivity contribution in [2.24, 2.45) is 5.10 Å². The molecule has 0 unspecified atom stereocenters. The summed E-state index contributed by atoms with van der Waals surface area (Å²) in [6.07, 6.45) is 4.78. The van der Waals surface area contributed by atoms with Crippen LogP contribution in [-0.2, 0) is 0 Å². The Balaban J connectivity index is 1.82. The quantitative estimate of drug-likeness (QED) is 0.574. The van der Waals surface area contributed by atoms with Crippen LogP contribution in [0.25, 0.3) is 11.0 Å². The van der Waals surface area contributed by atoms with Gasteiger partial charge < -0.3 is 9.52 Å². The van der Waals surface area contributed by atoms with E-state index >= 15 is 0 Å². The lowest BCUT2D eigenvalue weighted by molar-refractivity contribution is 0.0929. The van der Waals surface area contributed by atoms with E-state index in [1.807, 2.05) is 0 Å². The Morgan fingerprint density at radius 1 is 1.32 bits per heavy atom. The largest absolute Gasteiger partial charge is 0.507 e. The molecule has 6 heteroatoms. The Morgan fingerprint density at radius 3 is 2.82 bits per heavy atom. The SMILES string of the molecule is Cc1c(C(=O)N/N=C\c2ccncc2)oc2cccc(O)c12. The van der Waals surface area contributed by atoms with Gasteiger partial charge in [-0.25, -0.2) is 5.43 Å². The average molecular weight is 295 g/mol. The number of furan rings is 1. The second-order valence-corrected chi connectivity index (χ2v) is 4.69. The van der Waals surface area contributed by atoms with Crippen LogP contribution >= 0.6 is 0 Å². The lowest BCUT2D eigenvalue weighted by atomic mass is 10.1. The number of benzene rings is 1. The first-order chi connectivity index (χ1) is 10.7. The topological polar surface area (TPSA) is 87.7 Å². The Hall–Kier alpha value is -3.15. The molecule has 0 fully saturated rings. The Labute approximate surface area is 126 Å². The van der Waals surface area contributed by atoms with Gasteiger partial charge in [0.25, 0.3) is 0 Å².